The Morgan fingerprint density at radius 3 is 1.22 bits per heavy atom. The van der Waals surface area contributed by atoms with Gasteiger partial charge in [-0.1, -0.05) is 72.8 Å². The summed E-state index contributed by atoms with van der Waals surface area (Å²) in [6.45, 7) is 0. The molecule has 0 unspecified atom stereocenters. The Labute approximate surface area is 187 Å². The molecule has 0 spiro atoms. The summed E-state index contributed by atoms with van der Waals surface area (Å²) < 4.78 is 2.52. The minimum atomic E-state index is 0.921. The van der Waals surface area contributed by atoms with Gasteiger partial charge in [0.05, 0.1) is 0 Å². The highest BCUT2D eigenvalue weighted by molar-refractivity contribution is 14.1. The standard InChI is InChI=1S/C25H18I2/c26-22-13-9-18(10-14-22)24-7-3-1-5-20(24)17-21-6-2-4-8-25(21)19-11-15-23(27)16-12-19/h1-16H,17H2. The normalized spacial score (nSPS) is 10.7. The van der Waals surface area contributed by atoms with Gasteiger partial charge in [0.1, 0.15) is 0 Å². The van der Waals surface area contributed by atoms with Crippen LogP contribution in [0.25, 0.3) is 22.3 Å². The van der Waals surface area contributed by atoms with Crippen LogP contribution in [-0.4, -0.2) is 0 Å². The second kappa shape index (κ2) is 8.57. The first-order chi connectivity index (χ1) is 13.2. The fourth-order valence-corrected chi connectivity index (χ4v) is 4.10. The highest BCUT2D eigenvalue weighted by Gasteiger charge is 2.09. The van der Waals surface area contributed by atoms with Gasteiger partial charge in [-0.2, -0.15) is 0 Å². The highest BCUT2D eigenvalue weighted by Crippen LogP contribution is 2.30. The van der Waals surface area contributed by atoms with Crippen LogP contribution in [0, 0.1) is 7.14 Å². The quantitative estimate of drug-likeness (QED) is 0.219. The zero-order valence-corrected chi connectivity index (χ0v) is 19.0. The van der Waals surface area contributed by atoms with Crippen molar-refractivity contribution in [3.05, 3.63) is 115 Å². The van der Waals surface area contributed by atoms with Crippen molar-refractivity contribution in [1.29, 1.82) is 0 Å². The molecule has 0 radical (unpaired) electrons. The van der Waals surface area contributed by atoms with Crippen LogP contribution in [0.15, 0.2) is 97.1 Å². The molecule has 0 amide bonds. The molecule has 132 valence electrons. The van der Waals surface area contributed by atoms with Gasteiger partial charge in [0.15, 0.2) is 0 Å². The van der Waals surface area contributed by atoms with Crippen molar-refractivity contribution in [2.75, 3.05) is 0 Å². The topological polar surface area (TPSA) is 0 Å². The molecule has 27 heavy (non-hydrogen) atoms. The summed E-state index contributed by atoms with van der Waals surface area (Å²) in [6.07, 6.45) is 0.921. The van der Waals surface area contributed by atoms with Gasteiger partial charge < -0.3 is 0 Å². The molecule has 0 aromatic heterocycles. The average molecular weight is 572 g/mol. The summed E-state index contributed by atoms with van der Waals surface area (Å²) in [7, 11) is 0. The summed E-state index contributed by atoms with van der Waals surface area (Å²) in [5, 5.41) is 0. The van der Waals surface area contributed by atoms with Crippen molar-refractivity contribution < 1.29 is 0 Å². The zero-order chi connectivity index (χ0) is 18.6. The number of halogens is 2. The molecule has 0 N–H and O–H groups in total. The third-order valence-electron chi connectivity index (χ3n) is 4.73. The zero-order valence-electron chi connectivity index (χ0n) is 14.7. The molecule has 2 heteroatoms. The van der Waals surface area contributed by atoms with E-state index in [1.807, 2.05) is 0 Å². The van der Waals surface area contributed by atoms with E-state index in [9.17, 15) is 0 Å². The maximum atomic E-state index is 2.36. The van der Waals surface area contributed by atoms with Crippen molar-refractivity contribution >= 4 is 45.2 Å². The smallest absolute Gasteiger partial charge is 0.0130 e. The van der Waals surface area contributed by atoms with E-state index in [1.165, 1.54) is 40.5 Å². The first kappa shape index (κ1) is 18.7. The Kier molecular flexibility index (Phi) is 5.93. The molecule has 4 rings (SSSR count). The van der Waals surface area contributed by atoms with Gasteiger partial charge >= 0.3 is 0 Å². The average Bonchev–Trinajstić information content (AvgIpc) is 2.70. The monoisotopic (exact) mass is 572 g/mol. The molecule has 0 aliphatic rings. The second-order valence-electron chi connectivity index (χ2n) is 6.50. The number of hydrogen-bond acceptors (Lipinski definition) is 0. The van der Waals surface area contributed by atoms with E-state index in [4.69, 9.17) is 0 Å². The summed E-state index contributed by atoms with van der Waals surface area (Å²) in [5.74, 6) is 0. The Morgan fingerprint density at radius 1 is 0.444 bits per heavy atom. The molecular formula is C25H18I2. The molecule has 0 aliphatic carbocycles. The fourth-order valence-electron chi connectivity index (χ4n) is 3.38. The maximum Gasteiger partial charge on any atom is 0.0130 e. The van der Waals surface area contributed by atoms with E-state index < -0.39 is 0 Å². The van der Waals surface area contributed by atoms with Gasteiger partial charge in [-0.25, -0.2) is 0 Å². The van der Waals surface area contributed by atoms with Crippen molar-refractivity contribution in [3.63, 3.8) is 0 Å². The second-order valence-corrected chi connectivity index (χ2v) is 9.00. The van der Waals surface area contributed by atoms with Crippen LogP contribution in [0.5, 0.6) is 0 Å². The van der Waals surface area contributed by atoms with Crippen LogP contribution in [-0.2, 0) is 6.42 Å². The molecule has 0 heterocycles. The summed E-state index contributed by atoms with van der Waals surface area (Å²) in [4.78, 5) is 0. The molecular weight excluding hydrogens is 554 g/mol. The molecule has 0 saturated carbocycles. The summed E-state index contributed by atoms with van der Waals surface area (Å²) in [5.41, 5.74) is 7.89. The van der Waals surface area contributed by atoms with Gasteiger partial charge in [0.2, 0.25) is 0 Å². The molecule has 0 saturated heterocycles. The van der Waals surface area contributed by atoms with E-state index in [1.54, 1.807) is 0 Å². The van der Waals surface area contributed by atoms with Crippen molar-refractivity contribution in [3.8, 4) is 22.3 Å². The van der Waals surface area contributed by atoms with E-state index >= 15 is 0 Å². The minimum absolute atomic E-state index is 0.921. The lowest BCUT2D eigenvalue weighted by molar-refractivity contribution is 1.20. The first-order valence-corrected chi connectivity index (χ1v) is 11.0. The third-order valence-corrected chi connectivity index (χ3v) is 6.16. The van der Waals surface area contributed by atoms with Crippen molar-refractivity contribution in [2.45, 2.75) is 6.42 Å². The van der Waals surface area contributed by atoms with E-state index in [-0.39, 0.29) is 0 Å². The molecule has 0 fully saturated rings. The van der Waals surface area contributed by atoms with Crippen LogP contribution in [0.4, 0.5) is 0 Å². The van der Waals surface area contributed by atoms with Crippen molar-refractivity contribution in [2.24, 2.45) is 0 Å². The molecule has 4 aromatic carbocycles. The molecule has 0 atom stereocenters. The Hall–Kier alpha value is -1.66. The predicted octanol–water partition coefficient (Wildman–Crippen LogP) is 7.82. The molecule has 0 bridgehead atoms. The van der Waals surface area contributed by atoms with Gasteiger partial charge in [-0.3, -0.25) is 0 Å². The Morgan fingerprint density at radius 2 is 0.815 bits per heavy atom. The third kappa shape index (κ3) is 4.43. The lowest BCUT2D eigenvalue weighted by Gasteiger charge is -2.14. The molecule has 4 aromatic rings. The highest BCUT2D eigenvalue weighted by atomic mass is 127. The summed E-state index contributed by atoms with van der Waals surface area (Å²) >= 11 is 4.71. The number of rotatable bonds is 4. The molecule has 0 aliphatic heterocycles. The lowest BCUT2D eigenvalue weighted by atomic mass is 9.91. The van der Waals surface area contributed by atoms with Crippen LogP contribution < -0.4 is 0 Å². The van der Waals surface area contributed by atoms with Crippen LogP contribution in [0.3, 0.4) is 0 Å². The van der Waals surface area contributed by atoms with E-state index in [0.29, 0.717) is 0 Å². The predicted molar refractivity (Wildman–Crippen MR) is 132 cm³/mol. The van der Waals surface area contributed by atoms with Gasteiger partial charge in [-0.05, 0) is 109 Å². The van der Waals surface area contributed by atoms with Crippen LogP contribution in [0.2, 0.25) is 0 Å². The first-order valence-electron chi connectivity index (χ1n) is 8.88. The van der Waals surface area contributed by atoms with Crippen LogP contribution >= 0.6 is 45.2 Å². The number of hydrogen-bond donors (Lipinski definition) is 0. The van der Waals surface area contributed by atoms with E-state index in [0.717, 1.165) is 6.42 Å². The Balaban J connectivity index is 1.74. The Bertz CT molecular complexity index is 961. The minimum Gasteiger partial charge on any atom is -0.0619 e. The van der Waals surface area contributed by atoms with Gasteiger partial charge in [-0.15, -0.1) is 0 Å². The van der Waals surface area contributed by atoms with Crippen LogP contribution in [0.1, 0.15) is 11.1 Å². The number of benzene rings is 4. The van der Waals surface area contributed by atoms with Gasteiger partial charge in [0.25, 0.3) is 0 Å². The van der Waals surface area contributed by atoms with E-state index in [2.05, 4.69) is 142 Å². The maximum absolute atomic E-state index is 2.36. The SMILES string of the molecule is Ic1ccc(-c2ccccc2Cc2ccccc2-c2ccc(I)cc2)cc1. The molecule has 0 nitrogen and oxygen atoms in total. The lowest BCUT2D eigenvalue weighted by Crippen LogP contribution is -1.95. The fraction of sp³-hybridized carbons (Fsp3) is 0.0400. The van der Waals surface area contributed by atoms with Crippen molar-refractivity contribution in [1.82, 2.24) is 0 Å². The largest absolute Gasteiger partial charge is 0.0619 e. The summed E-state index contributed by atoms with van der Waals surface area (Å²) in [6, 6.07) is 35.0. The van der Waals surface area contributed by atoms with Gasteiger partial charge in [0, 0.05) is 7.14 Å².